The van der Waals surface area contributed by atoms with Crippen LogP contribution in [0.25, 0.3) is 5.70 Å². The molecule has 0 spiro atoms. The summed E-state index contributed by atoms with van der Waals surface area (Å²) in [5.74, 6) is 0.889. The zero-order valence-electron chi connectivity index (χ0n) is 21.3. The van der Waals surface area contributed by atoms with Crippen LogP contribution in [0, 0.1) is 0 Å². The van der Waals surface area contributed by atoms with Crippen LogP contribution < -0.4 is 14.5 Å². The van der Waals surface area contributed by atoms with E-state index in [2.05, 4.69) is 130 Å². The van der Waals surface area contributed by atoms with Crippen LogP contribution in [-0.2, 0) is 0 Å². The lowest BCUT2D eigenvalue weighted by molar-refractivity contribution is 0.357. The monoisotopic (exact) mass is 560 g/mol. The van der Waals surface area contributed by atoms with E-state index in [0.717, 1.165) is 49.9 Å². The van der Waals surface area contributed by atoms with Crippen LogP contribution >= 0.6 is 15.9 Å². The number of fused-ring (bicyclic) bond motifs is 1. The van der Waals surface area contributed by atoms with E-state index >= 15 is 0 Å². The Morgan fingerprint density at radius 3 is 2.34 bits per heavy atom. The molecule has 0 N–H and O–H groups in total. The van der Waals surface area contributed by atoms with Gasteiger partial charge in [-0.05, 0) is 89.6 Å². The molecule has 188 valence electrons. The van der Waals surface area contributed by atoms with Gasteiger partial charge in [-0.3, -0.25) is 0 Å². The normalized spacial score (nSPS) is 12.9. The maximum atomic E-state index is 5.95. The van der Waals surface area contributed by atoms with Gasteiger partial charge < -0.3 is 14.5 Å². The Bertz CT molecular complexity index is 1520. The van der Waals surface area contributed by atoms with Crippen molar-refractivity contribution in [1.82, 2.24) is 0 Å². The first-order valence-electron chi connectivity index (χ1n) is 12.6. The lowest BCUT2D eigenvalue weighted by Crippen LogP contribution is -2.23. The van der Waals surface area contributed by atoms with Gasteiger partial charge in [0.25, 0.3) is 0 Å². The van der Waals surface area contributed by atoms with E-state index in [1.807, 2.05) is 36.4 Å². The minimum Gasteiger partial charge on any atom is -0.489 e. The lowest BCUT2D eigenvalue weighted by Gasteiger charge is -2.33. The summed E-state index contributed by atoms with van der Waals surface area (Å²) in [5, 5.41) is 0. The number of nitrogens with zero attached hydrogens (tertiary/aromatic N) is 2. The Kier molecular flexibility index (Phi) is 7.91. The van der Waals surface area contributed by atoms with Crippen molar-refractivity contribution in [2.24, 2.45) is 0 Å². The number of rotatable bonds is 8. The third kappa shape index (κ3) is 5.36. The minimum atomic E-state index is 0.519. The molecule has 0 fully saturated rings. The smallest absolute Gasteiger partial charge is 0.129 e. The van der Waals surface area contributed by atoms with Crippen molar-refractivity contribution in [3.63, 3.8) is 0 Å². The number of para-hydroxylation sites is 3. The molecule has 0 saturated heterocycles. The third-order valence-electron chi connectivity index (χ3n) is 6.31. The molecule has 0 aromatic heterocycles. The molecule has 0 radical (unpaired) electrons. The fraction of sp³-hybridized carbons (Fsp3) is 0.0588. The molecule has 0 atom stereocenters. The highest BCUT2D eigenvalue weighted by Crippen LogP contribution is 2.42. The number of halogens is 1. The summed E-state index contributed by atoms with van der Waals surface area (Å²) in [5.41, 5.74) is 7.50. The minimum absolute atomic E-state index is 0.519. The average molecular weight is 562 g/mol. The molecular formula is C34H29BrN2O. The first-order valence-corrected chi connectivity index (χ1v) is 13.3. The zero-order valence-corrected chi connectivity index (χ0v) is 22.9. The van der Waals surface area contributed by atoms with E-state index in [1.165, 1.54) is 0 Å². The molecule has 1 aliphatic rings. The van der Waals surface area contributed by atoms with E-state index in [0.29, 0.717) is 6.61 Å². The topological polar surface area (TPSA) is 15.7 Å². The second kappa shape index (κ2) is 11.8. The predicted octanol–water partition coefficient (Wildman–Crippen LogP) is 9.80. The molecule has 4 aromatic rings. The van der Waals surface area contributed by atoms with E-state index < -0.39 is 0 Å². The maximum Gasteiger partial charge on any atom is 0.129 e. The molecule has 0 aliphatic carbocycles. The summed E-state index contributed by atoms with van der Waals surface area (Å²) >= 11 is 3.78. The summed E-state index contributed by atoms with van der Waals surface area (Å²) < 4.78 is 6.97. The Labute approximate surface area is 233 Å². The van der Waals surface area contributed by atoms with Gasteiger partial charge in [-0.15, -0.1) is 0 Å². The highest BCUT2D eigenvalue weighted by Gasteiger charge is 2.23. The fourth-order valence-electron chi connectivity index (χ4n) is 4.63. The van der Waals surface area contributed by atoms with Crippen LogP contribution in [0.15, 0.2) is 150 Å². The maximum absolute atomic E-state index is 5.95. The van der Waals surface area contributed by atoms with Crippen LogP contribution in [-0.4, -0.2) is 6.61 Å². The van der Waals surface area contributed by atoms with Crippen molar-refractivity contribution in [2.75, 3.05) is 16.4 Å². The van der Waals surface area contributed by atoms with Gasteiger partial charge >= 0.3 is 0 Å². The molecule has 4 aromatic carbocycles. The quantitative estimate of drug-likeness (QED) is 0.199. The molecule has 1 aliphatic heterocycles. The van der Waals surface area contributed by atoms with Gasteiger partial charge in [0.1, 0.15) is 12.4 Å². The summed E-state index contributed by atoms with van der Waals surface area (Å²) in [7, 11) is 0. The highest BCUT2D eigenvalue weighted by atomic mass is 79.9. The summed E-state index contributed by atoms with van der Waals surface area (Å²) in [4.78, 5) is 4.57. The SMILES string of the molecule is C=C/C=C\C=C(/C)N(C1=CCOc2ccccc21)c1cccc(N(c2ccccc2)c2ccccc2Br)c1. The summed E-state index contributed by atoms with van der Waals surface area (Å²) in [6.07, 6.45) is 9.99. The summed E-state index contributed by atoms with van der Waals surface area (Å²) in [6.45, 7) is 6.45. The first kappa shape index (κ1) is 25.4. The lowest BCUT2D eigenvalue weighted by atomic mass is 10.0. The largest absolute Gasteiger partial charge is 0.489 e. The number of benzene rings is 4. The number of ether oxygens (including phenoxy) is 1. The van der Waals surface area contributed by atoms with Gasteiger partial charge in [-0.1, -0.05) is 73.3 Å². The van der Waals surface area contributed by atoms with E-state index in [-0.39, 0.29) is 0 Å². The van der Waals surface area contributed by atoms with E-state index in [4.69, 9.17) is 4.74 Å². The molecule has 0 unspecified atom stereocenters. The van der Waals surface area contributed by atoms with Crippen molar-refractivity contribution in [2.45, 2.75) is 6.92 Å². The van der Waals surface area contributed by atoms with Crippen LogP contribution in [0.1, 0.15) is 12.5 Å². The second-order valence-electron chi connectivity index (χ2n) is 8.80. The molecule has 38 heavy (non-hydrogen) atoms. The van der Waals surface area contributed by atoms with Crippen LogP contribution in [0.4, 0.5) is 22.7 Å². The van der Waals surface area contributed by atoms with Crippen LogP contribution in [0.3, 0.4) is 0 Å². The van der Waals surface area contributed by atoms with E-state index in [9.17, 15) is 0 Å². The van der Waals surface area contributed by atoms with Crippen LogP contribution in [0.5, 0.6) is 5.75 Å². The highest BCUT2D eigenvalue weighted by molar-refractivity contribution is 9.10. The number of allylic oxidation sites excluding steroid dienone is 5. The molecular weight excluding hydrogens is 532 g/mol. The summed E-state index contributed by atoms with van der Waals surface area (Å²) in [6, 6.07) is 35.6. The van der Waals surface area contributed by atoms with Crippen molar-refractivity contribution >= 4 is 44.4 Å². The van der Waals surface area contributed by atoms with Gasteiger partial charge in [0.05, 0.1) is 11.4 Å². The molecule has 0 saturated carbocycles. The predicted molar refractivity (Wildman–Crippen MR) is 164 cm³/mol. The Balaban J connectivity index is 1.67. The number of anilines is 4. The van der Waals surface area contributed by atoms with Gasteiger partial charge in [0, 0.05) is 32.8 Å². The third-order valence-corrected chi connectivity index (χ3v) is 6.98. The molecule has 1 heterocycles. The first-order chi connectivity index (χ1) is 18.7. The second-order valence-corrected chi connectivity index (χ2v) is 9.66. The Hall–Kier alpha value is -4.28. The molecule has 3 nitrogen and oxygen atoms in total. The van der Waals surface area contributed by atoms with Crippen molar-refractivity contribution in [3.05, 3.63) is 156 Å². The molecule has 0 amide bonds. The average Bonchev–Trinajstić information content (AvgIpc) is 2.96. The molecule has 0 bridgehead atoms. The molecule has 5 rings (SSSR count). The van der Waals surface area contributed by atoms with Gasteiger partial charge in [0.2, 0.25) is 0 Å². The van der Waals surface area contributed by atoms with Crippen LogP contribution in [0.2, 0.25) is 0 Å². The van der Waals surface area contributed by atoms with Crippen molar-refractivity contribution < 1.29 is 4.74 Å². The Morgan fingerprint density at radius 2 is 1.53 bits per heavy atom. The van der Waals surface area contributed by atoms with Gasteiger partial charge in [0.15, 0.2) is 0 Å². The standard InChI is InChI=1S/C34H29BrN2O/c1-3-4-6-14-26(2)36(32-23-24-38-34-22-12-9-19-30(32)34)28-17-13-18-29(25-28)37(27-15-7-5-8-16-27)33-21-11-10-20-31(33)35/h3-23,25H,1,24H2,2H3/b6-4-,26-14+. The van der Waals surface area contributed by atoms with E-state index in [1.54, 1.807) is 6.08 Å². The fourth-order valence-corrected chi connectivity index (χ4v) is 5.09. The van der Waals surface area contributed by atoms with Crippen molar-refractivity contribution in [1.29, 1.82) is 0 Å². The zero-order chi connectivity index (χ0) is 26.3. The Morgan fingerprint density at radius 1 is 0.816 bits per heavy atom. The van der Waals surface area contributed by atoms with Gasteiger partial charge in [-0.25, -0.2) is 0 Å². The molecule has 4 heteroatoms. The van der Waals surface area contributed by atoms with Crippen molar-refractivity contribution in [3.8, 4) is 5.75 Å². The number of hydrogen-bond donors (Lipinski definition) is 0. The van der Waals surface area contributed by atoms with Gasteiger partial charge in [-0.2, -0.15) is 0 Å². The number of hydrogen-bond acceptors (Lipinski definition) is 3.